The summed E-state index contributed by atoms with van der Waals surface area (Å²) in [6.45, 7) is 2.66. The van der Waals surface area contributed by atoms with Gasteiger partial charge < -0.3 is 18.8 Å². The minimum atomic E-state index is -0.707. The van der Waals surface area contributed by atoms with E-state index in [0.29, 0.717) is 18.9 Å². The van der Waals surface area contributed by atoms with Crippen molar-refractivity contribution in [3.63, 3.8) is 0 Å². The number of aryl methyl sites for hydroxylation is 1. The van der Waals surface area contributed by atoms with E-state index in [1.54, 1.807) is 19.1 Å². The maximum Gasteiger partial charge on any atom is 0.331 e. The van der Waals surface area contributed by atoms with E-state index in [9.17, 15) is 9.59 Å². The van der Waals surface area contributed by atoms with E-state index in [0.717, 1.165) is 0 Å². The molecule has 98 valence electrons. The third-order valence-corrected chi connectivity index (χ3v) is 2.81. The van der Waals surface area contributed by atoms with E-state index < -0.39 is 12.0 Å². The summed E-state index contributed by atoms with van der Waals surface area (Å²) < 4.78 is 15.1. The van der Waals surface area contributed by atoms with Crippen LogP contribution in [0.2, 0.25) is 0 Å². The van der Waals surface area contributed by atoms with E-state index >= 15 is 0 Å². The van der Waals surface area contributed by atoms with Crippen molar-refractivity contribution in [3.8, 4) is 0 Å². The van der Waals surface area contributed by atoms with Crippen molar-refractivity contribution >= 4 is 11.9 Å². The Hall–Kier alpha value is -1.82. The number of morpholine rings is 1. The van der Waals surface area contributed by atoms with E-state index in [1.807, 2.05) is 0 Å². The first kappa shape index (κ1) is 12.6. The van der Waals surface area contributed by atoms with Crippen LogP contribution in [0.15, 0.2) is 16.5 Å². The van der Waals surface area contributed by atoms with Gasteiger partial charge in [0.05, 0.1) is 20.3 Å². The number of carbonyl (C=O) groups is 2. The molecule has 1 aliphatic heterocycles. The van der Waals surface area contributed by atoms with Gasteiger partial charge in [0.2, 0.25) is 0 Å². The number of methoxy groups -OCH3 is 1. The van der Waals surface area contributed by atoms with Crippen LogP contribution in [0, 0.1) is 6.92 Å². The number of hydrogen-bond acceptors (Lipinski definition) is 5. The summed E-state index contributed by atoms with van der Waals surface area (Å²) in [7, 11) is 1.29. The highest BCUT2D eigenvalue weighted by Gasteiger charge is 2.35. The molecule has 1 amide bonds. The second-order valence-electron chi connectivity index (χ2n) is 4.02. The number of furan rings is 1. The van der Waals surface area contributed by atoms with Crippen LogP contribution < -0.4 is 0 Å². The Kier molecular flexibility index (Phi) is 3.66. The molecule has 0 saturated carbocycles. The third-order valence-electron chi connectivity index (χ3n) is 2.81. The molecule has 1 fully saturated rings. The van der Waals surface area contributed by atoms with E-state index in [2.05, 4.69) is 4.74 Å². The van der Waals surface area contributed by atoms with E-state index in [4.69, 9.17) is 9.15 Å². The average molecular weight is 253 g/mol. The van der Waals surface area contributed by atoms with Crippen molar-refractivity contribution < 1.29 is 23.5 Å². The van der Waals surface area contributed by atoms with Crippen molar-refractivity contribution in [1.29, 1.82) is 0 Å². The first-order valence-electron chi connectivity index (χ1n) is 5.66. The lowest BCUT2D eigenvalue weighted by Gasteiger charge is -2.32. The van der Waals surface area contributed by atoms with E-state index in [-0.39, 0.29) is 18.3 Å². The van der Waals surface area contributed by atoms with Gasteiger partial charge in [-0.05, 0) is 19.1 Å². The number of carbonyl (C=O) groups excluding carboxylic acids is 2. The second-order valence-corrected chi connectivity index (χ2v) is 4.02. The molecule has 0 radical (unpaired) electrons. The normalized spacial score (nSPS) is 19.7. The highest BCUT2D eigenvalue weighted by molar-refractivity contribution is 5.94. The molecular formula is C12H15NO5. The smallest absolute Gasteiger partial charge is 0.331 e. The minimum absolute atomic E-state index is 0.151. The second kappa shape index (κ2) is 5.22. The number of nitrogens with zero attached hydrogens (tertiary/aromatic N) is 1. The Morgan fingerprint density at radius 1 is 1.44 bits per heavy atom. The van der Waals surface area contributed by atoms with Gasteiger partial charge in [-0.1, -0.05) is 0 Å². The lowest BCUT2D eigenvalue weighted by atomic mass is 10.2. The Bertz CT molecular complexity index is 453. The van der Waals surface area contributed by atoms with Crippen molar-refractivity contribution in [2.75, 3.05) is 26.9 Å². The van der Waals surface area contributed by atoms with Crippen LogP contribution in [-0.4, -0.2) is 49.7 Å². The van der Waals surface area contributed by atoms with Crippen molar-refractivity contribution in [3.05, 3.63) is 23.7 Å². The lowest BCUT2D eigenvalue weighted by Crippen LogP contribution is -2.52. The van der Waals surface area contributed by atoms with Gasteiger partial charge in [0.25, 0.3) is 5.91 Å². The fraction of sp³-hybridized carbons (Fsp3) is 0.500. The Morgan fingerprint density at radius 3 is 2.83 bits per heavy atom. The Labute approximate surface area is 104 Å². The molecule has 1 aromatic rings. The molecule has 6 nitrogen and oxygen atoms in total. The van der Waals surface area contributed by atoms with Crippen molar-refractivity contribution in [1.82, 2.24) is 4.90 Å². The molecule has 0 N–H and O–H groups in total. The largest absolute Gasteiger partial charge is 0.467 e. The van der Waals surface area contributed by atoms with Crippen LogP contribution in [0.3, 0.4) is 0 Å². The van der Waals surface area contributed by atoms with Gasteiger partial charge in [-0.3, -0.25) is 4.79 Å². The average Bonchev–Trinajstić information content (AvgIpc) is 2.83. The van der Waals surface area contributed by atoms with Crippen LogP contribution in [0.1, 0.15) is 16.3 Å². The zero-order chi connectivity index (χ0) is 13.1. The monoisotopic (exact) mass is 253 g/mol. The Morgan fingerprint density at radius 2 is 2.22 bits per heavy atom. The number of ether oxygens (including phenoxy) is 2. The molecule has 0 aromatic carbocycles. The molecule has 0 aliphatic carbocycles. The van der Waals surface area contributed by atoms with Crippen LogP contribution >= 0.6 is 0 Å². The number of rotatable bonds is 2. The number of esters is 1. The summed E-state index contributed by atoms with van der Waals surface area (Å²) in [4.78, 5) is 25.2. The number of amides is 1. The third kappa shape index (κ3) is 2.38. The molecule has 6 heteroatoms. The van der Waals surface area contributed by atoms with Gasteiger partial charge in [-0.25, -0.2) is 4.79 Å². The Balaban J connectivity index is 2.18. The molecule has 1 aromatic heterocycles. The highest BCUT2D eigenvalue weighted by Crippen LogP contribution is 2.15. The maximum atomic E-state index is 12.2. The van der Waals surface area contributed by atoms with Gasteiger partial charge in [0.1, 0.15) is 5.76 Å². The van der Waals surface area contributed by atoms with Gasteiger partial charge in [0, 0.05) is 6.54 Å². The highest BCUT2D eigenvalue weighted by atomic mass is 16.5. The molecule has 1 saturated heterocycles. The SMILES string of the molecule is COC(=O)C1COCCN1C(=O)c1ccc(C)o1. The van der Waals surface area contributed by atoms with Crippen molar-refractivity contribution in [2.24, 2.45) is 0 Å². The molecular weight excluding hydrogens is 238 g/mol. The van der Waals surface area contributed by atoms with Crippen LogP contribution in [-0.2, 0) is 14.3 Å². The molecule has 2 heterocycles. The van der Waals surface area contributed by atoms with Gasteiger partial charge in [0.15, 0.2) is 11.8 Å². The fourth-order valence-corrected chi connectivity index (χ4v) is 1.87. The van der Waals surface area contributed by atoms with Crippen LogP contribution in [0.4, 0.5) is 0 Å². The summed E-state index contributed by atoms with van der Waals surface area (Å²) >= 11 is 0. The molecule has 2 rings (SSSR count). The van der Waals surface area contributed by atoms with Crippen LogP contribution in [0.25, 0.3) is 0 Å². The predicted octanol–water partition coefficient (Wildman–Crippen LogP) is 0.602. The minimum Gasteiger partial charge on any atom is -0.467 e. The molecule has 1 atom stereocenters. The van der Waals surface area contributed by atoms with Gasteiger partial charge >= 0.3 is 5.97 Å². The first-order valence-corrected chi connectivity index (χ1v) is 5.66. The van der Waals surface area contributed by atoms with Gasteiger partial charge in [-0.15, -0.1) is 0 Å². The van der Waals surface area contributed by atoms with Crippen LogP contribution in [0.5, 0.6) is 0 Å². The molecule has 18 heavy (non-hydrogen) atoms. The zero-order valence-corrected chi connectivity index (χ0v) is 10.3. The topological polar surface area (TPSA) is 69.0 Å². The zero-order valence-electron chi connectivity index (χ0n) is 10.3. The first-order chi connectivity index (χ1) is 8.63. The summed E-state index contributed by atoms with van der Waals surface area (Å²) in [5.74, 6) is 0.0812. The quantitative estimate of drug-likeness (QED) is 0.722. The van der Waals surface area contributed by atoms with Crippen molar-refractivity contribution in [2.45, 2.75) is 13.0 Å². The summed E-state index contributed by atoms with van der Waals surface area (Å²) in [5.41, 5.74) is 0. The van der Waals surface area contributed by atoms with E-state index in [1.165, 1.54) is 12.0 Å². The molecule has 0 bridgehead atoms. The fourth-order valence-electron chi connectivity index (χ4n) is 1.87. The van der Waals surface area contributed by atoms with Gasteiger partial charge in [-0.2, -0.15) is 0 Å². The molecule has 1 aliphatic rings. The lowest BCUT2D eigenvalue weighted by molar-refractivity contribution is -0.151. The summed E-state index contributed by atoms with van der Waals surface area (Å²) in [6, 6.07) is 2.60. The number of hydrogen-bond donors (Lipinski definition) is 0. The summed E-state index contributed by atoms with van der Waals surface area (Å²) in [6.07, 6.45) is 0. The molecule has 0 spiro atoms. The maximum absolute atomic E-state index is 12.2. The summed E-state index contributed by atoms with van der Waals surface area (Å²) in [5, 5.41) is 0. The standard InChI is InChI=1S/C12H15NO5/c1-8-3-4-10(18-8)11(14)13-5-6-17-7-9(13)12(15)16-2/h3-4,9H,5-7H2,1-2H3. The molecule has 1 unspecified atom stereocenters. The predicted molar refractivity (Wildman–Crippen MR) is 61.1 cm³/mol.